The van der Waals surface area contributed by atoms with Crippen LogP contribution in [0.25, 0.3) is 0 Å². The van der Waals surface area contributed by atoms with Crippen molar-refractivity contribution in [1.82, 2.24) is 0 Å². The second-order valence-corrected chi connectivity index (χ2v) is 6.93. The molecule has 0 aromatic heterocycles. The van der Waals surface area contributed by atoms with E-state index >= 15 is 0 Å². The molecule has 1 nitrogen and oxygen atoms in total. The van der Waals surface area contributed by atoms with Crippen LogP contribution in [0, 0.1) is 5.92 Å². The van der Waals surface area contributed by atoms with Gasteiger partial charge in [-0.1, -0.05) is 6.92 Å². The number of hydrogen-bond acceptors (Lipinski definition) is 3. The number of alkyl halides is 2. The molecule has 2 rings (SSSR count). The quantitative estimate of drug-likeness (QED) is 0.769. The zero-order valence-electron chi connectivity index (χ0n) is 8.54. The van der Waals surface area contributed by atoms with Crippen LogP contribution in [0.5, 0.6) is 0 Å². The van der Waals surface area contributed by atoms with Crippen molar-refractivity contribution in [3.8, 4) is 0 Å². The Morgan fingerprint density at radius 3 is 2.53 bits per heavy atom. The van der Waals surface area contributed by atoms with Crippen molar-refractivity contribution in [2.24, 2.45) is 5.92 Å². The summed E-state index contributed by atoms with van der Waals surface area (Å²) >= 11 is 3.41. The van der Waals surface area contributed by atoms with Gasteiger partial charge in [0.1, 0.15) is 5.78 Å². The van der Waals surface area contributed by atoms with Crippen LogP contribution in [0.15, 0.2) is 0 Å². The van der Waals surface area contributed by atoms with E-state index in [0.717, 1.165) is 11.5 Å². The van der Waals surface area contributed by atoms with Gasteiger partial charge in [0.2, 0.25) is 0 Å². The first kappa shape index (κ1) is 11.7. The molecule has 2 aliphatic rings. The topological polar surface area (TPSA) is 17.1 Å². The number of thioether (sulfide) groups is 2. The first-order valence-corrected chi connectivity index (χ1v) is 7.24. The summed E-state index contributed by atoms with van der Waals surface area (Å²) in [5.74, 6) is -1.15. The molecule has 0 N–H and O–H groups in total. The second kappa shape index (κ2) is 4.24. The minimum absolute atomic E-state index is 0.0295. The second-order valence-electron chi connectivity index (χ2n) is 4.20. The summed E-state index contributed by atoms with van der Waals surface area (Å²) in [6.07, 6.45) is -0.00673. The summed E-state index contributed by atoms with van der Waals surface area (Å²) in [5, 5.41) is 0.226. The third-order valence-corrected chi connectivity index (χ3v) is 6.05. The normalized spacial score (nSPS) is 38.7. The monoisotopic (exact) mass is 252 g/mol. The van der Waals surface area contributed by atoms with E-state index in [1.54, 1.807) is 23.5 Å². The minimum atomic E-state index is -2.55. The lowest BCUT2D eigenvalue weighted by atomic mass is 10.1. The maximum Gasteiger partial charge on any atom is 0.252 e. The van der Waals surface area contributed by atoms with Crippen LogP contribution in [0.2, 0.25) is 0 Å². The smallest absolute Gasteiger partial charge is 0.252 e. The lowest BCUT2D eigenvalue weighted by Gasteiger charge is -2.26. The molecule has 1 aliphatic carbocycles. The predicted octanol–water partition coefficient (Wildman–Crippen LogP) is 2.84. The van der Waals surface area contributed by atoms with Crippen molar-refractivity contribution in [3.63, 3.8) is 0 Å². The fourth-order valence-electron chi connectivity index (χ4n) is 1.84. The van der Waals surface area contributed by atoms with E-state index in [0.29, 0.717) is 0 Å². The minimum Gasteiger partial charge on any atom is -0.298 e. The van der Waals surface area contributed by atoms with Gasteiger partial charge in [-0.05, 0) is 0 Å². The molecule has 15 heavy (non-hydrogen) atoms. The lowest BCUT2D eigenvalue weighted by Crippen LogP contribution is -2.31. The highest BCUT2D eigenvalue weighted by Gasteiger charge is 2.57. The van der Waals surface area contributed by atoms with Gasteiger partial charge in [0.15, 0.2) is 0 Å². The Labute approximate surface area is 96.8 Å². The Balaban J connectivity index is 1.85. The van der Waals surface area contributed by atoms with Crippen LogP contribution in [-0.2, 0) is 4.79 Å². The van der Waals surface area contributed by atoms with E-state index in [2.05, 4.69) is 0 Å². The largest absolute Gasteiger partial charge is 0.298 e. The highest BCUT2D eigenvalue weighted by molar-refractivity contribution is 8.07. The molecule has 0 radical (unpaired) electrons. The molecule has 5 heteroatoms. The summed E-state index contributed by atoms with van der Waals surface area (Å²) in [4.78, 5) is 11.8. The zero-order valence-corrected chi connectivity index (χ0v) is 10.2. The van der Waals surface area contributed by atoms with Crippen molar-refractivity contribution in [2.75, 3.05) is 11.5 Å². The fraction of sp³-hybridized carbons (Fsp3) is 0.900. The summed E-state index contributed by atoms with van der Waals surface area (Å²) < 4.78 is 25.3. The maximum absolute atomic E-state index is 12.7. The van der Waals surface area contributed by atoms with Crippen molar-refractivity contribution in [2.45, 2.75) is 36.2 Å². The molecule has 0 aromatic carbocycles. The van der Waals surface area contributed by atoms with E-state index in [4.69, 9.17) is 0 Å². The van der Waals surface area contributed by atoms with Gasteiger partial charge >= 0.3 is 0 Å². The first-order valence-electron chi connectivity index (χ1n) is 5.14. The summed E-state index contributed by atoms with van der Waals surface area (Å²) in [6, 6.07) is 0. The summed E-state index contributed by atoms with van der Waals surface area (Å²) in [7, 11) is 0. The zero-order chi connectivity index (χ0) is 11.1. The number of ketones is 1. The Morgan fingerprint density at radius 2 is 2.00 bits per heavy atom. The molecule has 0 spiro atoms. The fourth-order valence-corrected chi connectivity index (χ4v) is 4.58. The Morgan fingerprint density at radius 1 is 1.40 bits per heavy atom. The average Bonchev–Trinajstić information content (AvgIpc) is 2.74. The van der Waals surface area contributed by atoms with Crippen LogP contribution < -0.4 is 0 Å². The van der Waals surface area contributed by atoms with Gasteiger partial charge in [-0.25, -0.2) is 8.78 Å². The predicted molar refractivity (Wildman–Crippen MR) is 60.8 cm³/mol. The van der Waals surface area contributed by atoms with Gasteiger partial charge in [-0.2, -0.15) is 11.8 Å². The number of hydrogen-bond donors (Lipinski definition) is 0. The third kappa shape index (κ3) is 2.67. The first-order chi connectivity index (χ1) is 7.00. The molecule has 2 fully saturated rings. The van der Waals surface area contributed by atoms with Crippen molar-refractivity contribution < 1.29 is 13.6 Å². The Kier molecular flexibility index (Phi) is 3.31. The van der Waals surface area contributed by atoms with Gasteiger partial charge in [-0.15, -0.1) is 11.8 Å². The molecule has 1 saturated carbocycles. The van der Waals surface area contributed by atoms with Crippen molar-refractivity contribution in [3.05, 3.63) is 0 Å². The van der Waals surface area contributed by atoms with Crippen molar-refractivity contribution in [1.29, 1.82) is 0 Å². The Bertz CT molecular complexity index is 270. The molecular weight excluding hydrogens is 238 g/mol. The van der Waals surface area contributed by atoms with Crippen LogP contribution in [0.1, 0.15) is 19.8 Å². The molecule has 1 aliphatic heterocycles. The molecule has 0 amide bonds. The summed E-state index contributed by atoms with van der Waals surface area (Å²) in [5.41, 5.74) is 0. The maximum atomic E-state index is 12.7. The summed E-state index contributed by atoms with van der Waals surface area (Å²) in [6.45, 7) is 2.02. The SMILES string of the molecule is CC1SCCSC1C(=O)CC1CC1(F)F. The number of carbonyl (C=O) groups is 1. The van der Waals surface area contributed by atoms with Crippen LogP contribution in [-0.4, -0.2) is 33.7 Å². The lowest BCUT2D eigenvalue weighted by molar-refractivity contribution is -0.119. The van der Waals surface area contributed by atoms with Crippen molar-refractivity contribution >= 4 is 29.3 Å². The van der Waals surface area contributed by atoms with E-state index in [-0.39, 0.29) is 29.1 Å². The molecule has 0 aromatic rings. The molecule has 86 valence electrons. The van der Waals surface area contributed by atoms with E-state index in [1.165, 1.54) is 0 Å². The van der Waals surface area contributed by atoms with E-state index in [9.17, 15) is 13.6 Å². The number of halogens is 2. The molecule has 0 bridgehead atoms. The molecule has 1 heterocycles. The number of carbonyl (C=O) groups excluding carboxylic acids is 1. The van der Waals surface area contributed by atoms with Crippen LogP contribution in [0.3, 0.4) is 0 Å². The third-order valence-electron chi connectivity index (χ3n) is 2.91. The molecule has 1 saturated heterocycles. The van der Waals surface area contributed by atoms with E-state index in [1.807, 2.05) is 6.92 Å². The van der Waals surface area contributed by atoms with Gasteiger partial charge in [0.25, 0.3) is 5.92 Å². The Hall–Kier alpha value is 0.230. The number of rotatable bonds is 3. The van der Waals surface area contributed by atoms with Gasteiger partial charge in [-0.3, -0.25) is 4.79 Å². The molecule has 3 unspecified atom stereocenters. The van der Waals surface area contributed by atoms with E-state index < -0.39 is 11.8 Å². The average molecular weight is 252 g/mol. The highest BCUT2D eigenvalue weighted by Crippen LogP contribution is 2.51. The van der Waals surface area contributed by atoms with Gasteiger partial charge in [0.05, 0.1) is 5.25 Å². The standard InChI is InChI=1S/C10H14F2OS2/c1-6-9(15-3-2-14-6)8(13)4-7-5-10(7,11)12/h6-7,9H,2-5H2,1H3. The van der Waals surface area contributed by atoms with Crippen LogP contribution >= 0.6 is 23.5 Å². The molecular formula is C10H14F2OS2. The number of Topliss-reactive ketones (excluding diaryl/α,β-unsaturated/α-hetero) is 1. The highest BCUT2D eigenvalue weighted by atomic mass is 32.2. The van der Waals surface area contributed by atoms with Gasteiger partial charge in [0, 0.05) is 35.5 Å². The van der Waals surface area contributed by atoms with Crippen LogP contribution in [0.4, 0.5) is 8.78 Å². The molecule has 3 atom stereocenters. The van der Waals surface area contributed by atoms with Gasteiger partial charge < -0.3 is 0 Å².